The molecule has 90 valence electrons. The van der Waals surface area contributed by atoms with Gasteiger partial charge in [0.25, 0.3) is 5.91 Å². The van der Waals surface area contributed by atoms with E-state index in [2.05, 4.69) is 27.2 Å². The number of aliphatic imine (C=N–C) groups is 2. The van der Waals surface area contributed by atoms with Gasteiger partial charge in [0.2, 0.25) is 0 Å². The minimum atomic E-state index is -0.332. The molecule has 0 fully saturated rings. The van der Waals surface area contributed by atoms with Gasteiger partial charge in [0, 0.05) is 7.05 Å². The molecule has 0 aliphatic heterocycles. The van der Waals surface area contributed by atoms with E-state index in [1.165, 1.54) is 19.8 Å². The number of nitrogens with zero attached hydrogens (tertiary/aromatic N) is 2. The van der Waals surface area contributed by atoms with Crippen LogP contribution < -0.4 is 10.6 Å². The molecule has 0 saturated heterocycles. The number of carbonyl (C=O) groups excluding carboxylic acids is 1. The van der Waals surface area contributed by atoms with Crippen LogP contribution >= 0.6 is 0 Å². The summed E-state index contributed by atoms with van der Waals surface area (Å²) in [6, 6.07) is 0. The molecule has 16 heavy (non-hydrogen) atoms. The molecule has 0 aliphatic carbocycles. The van der Waals surface area contributed by atoms with Crippen LogP contribution in [0.3, 0.4) is 0 Å². The molecule has 0 bridgehead atoms. The topological polar surface area (TPSA) is 75.1 Å². The van der Waals surface area contributed by atoms with Crippen molar-refractivity contribution in [1.82, 2.24) is 10.6 Å². The molecule has 6 nitrogen and oxygen atoms in total. The Bertz CT molecular complexity index is 274. The van der Waals surface area contributed by atoms with Crippen LogP contribution in [0.4, 0.5) is 0 Å². The molecule has 0 spiro atoms. The van der Waals surface area contributed by atoms with E-state index in [1.54, 1.807) is 0 Å². The fourth-order valence-corrected chi connectivity index (χ4v) is 0.761. The Kier molecular flexibility index (Phi) is 8.81. The van der Waals surface area contributed by atoms with Crippen molar-refractivity contribution in [3.63, 3.8) is 0 Å². The Morgan fingerprint density at radius 1 is 1.50 bits per heavy atom. The fourth-order valence-electron chi connectivity index (χ4n) is 0.761. The summed E-state index contributed by atoms with van der Waals surface area (Å²) in [7, 11) is 3.39. The maximum atomic E-state index is 10.9. The molecule has 0 aromatic heterocycles. The van der Waals surface area contributed by atoms with Crippen LogP contribution in [-0.2, 0) is 9.53 Å². The van der Waals surface area contributed by atoms with Gasteiger partial charge >= 0.3 is 0 Å². The normalized spacial score (nSPS) is 10.9. The lowest BCUT2D eigenvalue weighted by atomic mass is 10.5. The van der Waals surface area contributed by atoms with E-state index in [0.717, 1.165) is 13.0 Å². The molecule has 0 aliphatic rings. The summed E-state index contributed by atoms with van der Waals surface area (Å²) in [5.74, 6) is -0.332. The van der Waals surface area contributed by atoms with Crippen molar-refractivity contribution in [2.24, 2.45) is 9.98 Å². The Morgan fingerprint density at radius 3 is 2.88 bits per heavy atom. The summed E-state index contributed by atoms with van der Waals surface area (Å²) in [5, 5.41) is 5.39. The minimum Gasteiger partial charge on any atom is -0.483 e. The Labute approximate surface area is 95.5 Å². The lowest BCUT2D eigenvalue weighted by molar-refractivity contribution is -0.117. The highest BCUT2D eigenvalue weighted by Gasteiger charge is 1.98. The number of hydrogen-bond donors (Lipinski definition) is 2. The highest BCUT2D eigenvalue weighted by atomic mass is 16.5. The van der Waals surface area contributed by atoms with Crippen molar-refractivity contribution < 1.29 is 9.53 Å². The zero-order valence-corrected chi connectivity index (χ0v) is 9.69. The van der Waals surface area contributed by atoms with Crippen molar-refractivity contribution in [2.75, 3.05) is 27.2 Å². The average molecular weight is 226 g/mol. The van der Waals surface area contributed by atoms with Crippen molar-refractivity contribution in [2.45, 2.75) is 6.42 Å². The lowest BCUT2D eigenvalue weighted by Crippen LogP contribution is -2.18. The number of hydrogen-bond acceptors (Lipinski definition) is 4. The minimum absolute atomic E-state index is 0.106. The monoisotopic (exact) mass is 226 g/mol. The van der Waals surface area contributed by atoms with Gasteiger partial charge in [0.15, 0.2) is 6.40 Å². The first-order valence-corrected chi connectivity index (χ1v) is 4.93. The van der Waals surface area contributed by atoms with Crippen LogP contribution in [0.15, 0.2) is 22.3 Å². The standard InChI is InChI=1S/C10H18N4O2/c1-9(10(15)12-3)14-7-13-8-16-6-4-5-11-2/h7-8,11H,1,4-6H2,2-3H3,(H,12,15). The molecule has 0 aromatic carbocycles. The van der Waals surface area contributed by atoms with E-state index >= 15 is 0 Å². The number of likely N-dealkylation sites (N-methyl/N-ethyl adjacent to an activating group) is 1. The molecule has 0 radical (unpaired) electrons. The highest BCUT2D eigenvalue weighted by Crippen LogP contribution is 1.89. The smallest absolute Gasteiger partial charge is 0.269 e. The molecule has 0 rings (SSSR count). The highest BCUT2D eigenvalue weighted by molar-refractivity contribution is 5.93. The molecule has 1 amide bonds. The number of amides is 1. The zero-order chi connectivity index (χ0) is 12.2. The van der Waals surface area contributed by atoms with E-state index in [4.69, 9.17) is 4.74 Å². The summed E-state index contributed by atoms with van der Waals surface area (Å²) in [6.07, 6.45) is 3.41. The molecule has 0 aromatic rings. The Balaban J connectivity index is 3.62. The largest absolute Gasteiger partial charge is 0.483 e. The van der Waals surface area contributed by atoms with Crippen LogP contribution in [0.2, 0.25) is 0 Å². The Hall–Kier alpha value is -1.69. The summed E-state index contributed by atoms with van der Waals surface area (Å²) in [5.41, 5.74) is 0.106. The van der Waals surface area contributed by atoms with Gasteiger partial charge in [-0.15, -0.1) is 0 Å². The number of carbonyl (C=O) groups is 1. The van der Waals surface area contributed by atoms with E-state index in [0.29, 0.717) is 6.61 Å². The van der Waals surface area contributed by atoms with Gasteiger partial charge in [-0.1, -0.05) is 6.58 Å². The SMILES string of the molecule is C=C(N=CN=COCCCNC)C(=O)NC. The van der Waals surface area contributed by atoms with Crippen LogP contribution in [0.1, 0.15) is 6.42 Å². The third-order valence-corrected chi connectivity index (χ3v) is 1.59. The summed E-state index contributed by atoms with van der Waals surface area (Å²) in [4.78, 5) is 18.4. The molecule has 2 N–H and O–H groups in total. The van der Waals surface area contributed by atoms with Gasteiger partial charge in [0.1, 0.15) is 12.0 Å². The first-order chi connectivity index (χ1) is 7.72. The average Bonchev–Trinajstić information content (AvgIpc) is 2.31. The van der Waals surface area contributed by atoms with Crippen LogP contribution in [0.5, 0.6) is 0 Å². The van der Waals surface area contributed by atoms with Gasteiger partial charge in [-0.2, -0.15) is 0 Å². The first kappa shape index (κ1) is 14.3. The second-order valence-electron chi connectivity index (χ2n) is 2.85. The fraction of sp³-hybridized carbons (Fsp3) is 0.500. The van der Waals surface area contributed by atoms with Crippen molar-refractivity contribution in [3.8, 4) is 0 Å². The van der Waals surface area contributed by atoms with Crippen molar-refractivity contribution in [1.29, 1.82) is 0 Å². The van der Waals surface area contributed by atoms with Gasteiger partial charge in [0.05, 0.1) is 6.61 Å². The lowest BCUT2D eigenvalue weighted by Gasteiger charge is -1.98. The predicted molar refractivity (Wildman–Crippen MR) is 64.7 cm³/mol. The molecule has 0 unspecified atom stereocenters. The first-order valence-electron chi connectivity index (χ1n) is 4.93. The van der Waals surface area contributed by atoms with Crippen molar-refractivity contribution in [3.05, 3.63) is 12.3 Å². The third-order valence-electron chi connectivity index (χ3n) is 1.59. The van der Waals surface area contributed by atoms with Gasteiger partial charge in [-0.3, -0.25) is 4.79 Å². The van der Waals surface area contributed by atoms with E-state index in [-0.39, 0.29) is 11.6 Å². The second kappa shape index (κ2) is 9.85. The van der Waals surface area contributed by atoms with E-state index < -0.39 is 0 Å². The second-order valence-corrected chi connectivity index (χ2v) is 2.85. The maximum Gasteiger partial charge on any atom is 0.269 e. The van der Waals surface area contributed by atoms with Gasteiger partial charge in [-0.05, 0) is 20.0 Å². The van der Waals surface area contributed by atoms with E-state index in [1.807, 2.05) is 7.05 Å². The van der Waals surface area contributed by atoms with Crippen LogP contribution in [-0.4, -0.2) is 45.9 Å². The summed E-state index contributed by atoms with van der Waals surface area (Å²) < 4.78 is 5.05. The molecule has 6 heteroatoms. The Morgan fingerprint density at radius 2 is 2.25 bits per heavy atom. The van der Waals surface area contributed by atoms with E-state index in [9.17, 15) is 4.79 Å². The van der Waals surface area contributed by atoms with Crippen molar-refractivity contribution >= 4 is 18.6 Å². The molecule has 0 heterocycles. The predicted octanol–water partition coefficient (Wildman–Crippen LogP) is -0.0712. The summed E-state index contributed by atoms with van der Waals surface area (Å²) >= 11 is 0. The number of rotatable bonds is 8. The van der Waals surface area contributed by atoms with Gasteiger partial charge in [-0.25, -0.2) is 9.98 Å². The number of nitrogens with one attached hydrogen (secondary N) is 2. The molecule has 0 atom stereocenters. The quantitative estimate of drug-likeness (QED) is 0.263. The molecular weight excluding hydrogens is 208 g/mol. The molecular formula is C10H18N4O2. The van der Waals surface area contributed by atoms with Crippen LogP contribution in [0, 0.1) is 0 Å². The third kappa shape index (κ3) is 7.69. The number of ether oxygens (including phenoxy) is 1. The van der Waals surface area contributed by atoms with Gasteiger partial charge < -0.3 is 15.4 Å². The maximum absolute atomic E-state index is 10.9. The summed E-state index contributed by atoms with van der Waals surface area (Å²) in [6.45, 7) is 4.94. The zero-order valence-electron chi connectivity index (χ0n) is 9.69. The molecule has 0 saturated carbocycles. The van der Waals surface area contributed by atoms with Crippen LogP contribution in [0.25, 0.3) is 0 Å².